The minimum atomic E-state index is -0.163. The Bertz CT molecular complexity index is 1070. The molecule has 0 atom stereocenters. The lowest BCUT2D eigenvalue weighted by atomic mass is 10.1. The van der Waals surface area contributed by atoms with E-state index in [2.05, 4.69) is 23.9 Å². The lowest BCUT2D eigenvalue weighted by Gasteiger charge is -2.12. The van der Waals surface area contributed by atoms with E-state index in [1.807, 2.05) is 32.0 Å². The van der Waals surface area contributed by atoms with Gasteiger partial charge in [0.15, 0.2) is 11.5 Å². The molecule has 2 aromatic heterocycles. The number of hydrogen-bond donors (Lipinski definition) is 0. The van der Waals surface area contributed by atoms with Crippen molar-refractivity contribution in [2.45, 2.75) is 34.1 Å². The standard InChI is InChI=1S/C21H25N3O3S/c1-13(2)8-9-27-17-7-6-16(10-18(17)26-5)11-23-24-12-22-20-19(21(24)25)14(3)15(4)28-20/h6-7,10-13H,8-9H2,1-5H3/b23-11+. The van der Waals surface area contributed by atoms with Crippen LogP contribution in [0.3, 0.4) is 0 Å². The summed E-state index contributed by atoms with van der Waals surface area (Å²) >= 11 is 1.52. The molecule has 3 aromatic rings. The monoisotopic (exact) mass is 399 g/mol. The van der Waals surface area contributed by atoms with E-state index < -0.39 is 0 Å². The fourth-order valence-electron chi connectivity index (χ4n) is 2.73. The Balaban J connectivity index is 1.84. The fourth-order valence-corrected chi connectivity index (χ4v) is 3.71. The number of nitrogens with zero attached hydrogens (tertiary/aromatic N) is 3. The minimum Gasteiger partial charge on any atom is -0.493 e. The molecule has 0 saturated heterocycles. The second-order valence-electron chi connectivity index (χ2n) is 7.04. The van der Waals surface area contributed by atoms with Crippen molar-refractivity contribution >= 4 is 27.8 Å². The number of thiophene rings is 1. The summed E-state index contributed by atoms with van der Waals surface area (Å²) in [7, 11) is 1.61. The number of aryl methyl sites for hydroxylation is 2. The first-order valence-electron chi connectivity index (χ1n) is 9.23. The molecule has 0 unspecified atom stereocenters. The van der Waals surface area contributed by atoms with Crippen molar-refractivity contribution in [3.05, 3.63) is 50.9 Å². The van der Waals surface area contributed by atoms with E-state index in [0.717, 1.165) is 27.3 Å². The number of fused-ring (bicyclic) bond motifs is 1. The van der Waals surface area contributed by atoms with Crippen LogP contribution < -0.4 is 15.0 Å². The van der Waals surface area contributed by atoms with Gasteiger partial charge in [-0.15, -0.1) is 11.3 Å². The van der Waals surface area contributed by atoms with Crippen LogP contribution in [0.25, 0.3) is 10.2 Å². The quantitative estimate of drug-likeness (QED) is 0.553. The van der Waals surface area contributed by atoms with Gasteiger partial charge in [-0.1, -0.05) is 13.8 Å². The number of ether oxygens (including phenoxy) is 2. The van der Waals surface area contributed by atoms with Crippen molar-refractivity contribution in [3.63, 3.8) is 0 Å². The molecular weight excluding hydrogens is 374 g/mol. The molecule has 0 aliphatic heterocycles. The first-order chi connectivity index (χ1) is 13.4. The van der Waals surface area contributed by atoms with Gasteiger partial charge in [0, 0.05) is 4.88 Å². The van der Waals surface area contributed by atoms with Crippen LogP contribution in [0, 0.1) is 19.8 Å². The maximum absolute atomic E-state index is 12.7. The van der Waals surface area contributed by atoms with Crippen LogP contribution >= 0.6 is 11.3 Å². The molecule has 0 amide bonds. The summed E-state index contributed by atoms with van der Waals surface area (Å²) < 4.78 is 12.5. The summed E-state index contributed by atoms with van der Waals surface area (Å²) in [5.41, 5.74) is 1.61. The van der Waals surface area contributed by atoms with Crippen molar-refractivity contribution in [3.8, 4) is 11.5 Å². The van der Waals surface area contributed by atoms with E-state index in [0.29, 0.717) is 29.4 Å². The highest BCUT2D eigenvalue weighted by molar-refractivity contribution is 7.18. The Morgan fingerprint density at radius 1 is 1.29 bits per heavy atom. The Hall–Kier alpha value is -2.67. The average Bonchev–Trinajstić information content (AvgIpc) is 2.96. The van der Waals surface area contributed by atoms with E-state index in [1.54, 1.807) is 13.3 Å². The van der Waals surface area contributed by atoms with Crippen LogP contribution in [0.4, 0.5) is 0 Å². The third-order valence-corrected chi connectivity index (χ3v) is 5.66. The SMILES string of the molecule is COc1cc(/C=N/n2cnc3sc(C)c(C)c3c2=O)ccc1OCCC(C)C. The second kappa shape index (κ2) is 8.56. The number of aromatic nitrogens is 2. The van der Waals surface area contributed by atoms with Crippen molar-refractivity contribution in [1.82, 2.24) is 9.66 Å². The van der Waals surface area contributed by atoms with E-state index in [4.69, 9.17) is 9.47 Å². The van der Waals surface area contributed by atoms with Gasteiger partial charge in [0.25, 0.3) is 5.56 Å². The smallest absolute Gasteiger partial charge is 0.282 e. The highest BCUT2D eigenvalue weighted by Crippen LogP contribution is 2.28. The maximum atomic E-state index is 12.7. The molecule has 0 radical (unpaired) electrons. The highest BCUT2D eigenvalue weighted by atomic mass is 32.1. The summed E-state index contributed by atoms with van der Waals surface area (Å²) in [5, 5.41) is 4.92. The number of methoxy groups -OCH3 is 1. The summed E-state index contributed by atoms with van der Waals surface area (Å²) in [4.78, 5) is 18.9. The van der Waals surface area contributed by atoms with Gasteiger partial charge in [-0.3, -0.25) is 4.79 Å². The normalized spacial score (nSPS) is 11.6. The van der Waals surface area contributed by atoms with E-state index in [9.17, 15) is 4.79 Å². The third kappa shape index (κ3) is 4.25. The van der Waals surface area contributed by atoms with E-state index >= 15 is 0 Å². The van der Waals surface area contributed by atoms with E-state index in [-0.39, 0.29) is 5.56 Å². The lowest BCUT2D eigenvalue weighted by molar-refractivity contribution is 0.273. The molecule has 7 heteroatoms. The molecular formula is C21H25N3O3S. The topological polar surface area (TPSA) is 65.7 Å². The average molecular weight is 400 g/mol. The van der Waals surface area contributed by atoms with Gasteiger partial charge in [0.2, 0.25) is 0 Å². The first-order valence-corrected chi connectivity index (χ1v) is 10.0. The Morgan fingerprint density at radius 2 is 2.07 bits per heavy atom. The van der Waals surface area contributed by atoms with Crippen molar-refractivity contribution in [2.75, 3.05) is 13.7 Å². The summed E-state index contributed by atoms with van der Waals surface area (Å²) in [5.74, 6) is 1.92. The molecule has 0 spiro atoms. The Morgan fingerprint density at radius 3 is 2.79 bits per heavy atom. The molecule has 0 N–H and O–H groups in total. The molecule has 2 heterocycles. The molecule has 0 aliphatic rings. The Labute approximate surface area is 168 Å². The second-order valence-corrected chi connectivity index (χ2v) is 8.25. The van der Waals surface area contributed by atoms with Gasteiger partial charge in [-0.2, -0.15) is 9.78 Å². The molecule has 6 nitrogen and oxygen atoms in total. The van der Waals surface area contributed by atoms with Crippen LogP contribution in [0.5, 0.6) is 11.5 Å². The summed E-state index contributed by atoms with van der Waals surface area (Å²) in [6, 6.07) is 5.58. The fraction of sp³-hybridized carbons (Fsp3) is 0.381. The number of rotatable bonds is 7. The van der Waals surface area contributed by atoms with Gasteiger partial charge in [-0.05, 0) is 55.5 Å². The van der Waals surface area contributed by atoms with Crippen LogP contribution in [-0.2, 0) is 0 Å². The molecule has 0 fully saturated rings. The Kier molecular flexibility index (Phi) is 6.14. The molecule has 0 bridgehead atoms. The molecule has 3 rings (SSSR count). The van der Waals surface area contributed by atoms with Gasteiger partial charge in [0.05, 0.1) is 25.3 Å². The zero-order valence-corrected chi connectivity index (χ0v) is 17.7. The molecule has 0 saturated carbocycles. The van der Waals surface area contributed by atoms with E-state index in [1.165, 1.54) is 22.3 Å². The summed E-state index contributed by atoms with van der Waals surface area (Å²) in [6.07, 6.45) is 4.05. The highest BCUT2D eigenvalue weighted by Gasteiger charge is 2.11. The molecule has 0 aliphatic carbocycles. The largest absolute Gasteiger partial charge is 0.493 e. The number of hydrogen-bond acceptors (Lipinski definition) is 6. The number of benzene rings is 1. The van der Waals surface area contributed by atoms with Crippen LogP contribution in [0.2, 0.25) is 0 Å². The zero-order chi connectivity index (χ0) is 20.3. The van der Waals surface area contributed by atoms with Crippen molar-refractivity contribution in [1.29, 1.82) is 0 Å². The zero-order valence-electron chi connectivity index (χ0n) is 16.9. The van der Waals surface area contributed by atoms with Crippen LogP contribution in [0.1, 0.15) is 36.3 Å². The maximum Gasteiger partial charge on any atom is 0.282 e. The van der Waals surface area contributed by atoms with Gasteiger partial charge >= 0.3 is 0 Å². The summed E-state index contributed by atoms with van der Waals surface area (Å²) in [6.45, 7) is 8.89. The van der Waals surface area contributed by atoms with Crippen molar-refractivity contribution in [2.24, 2.45) is 11.0 Å². The van der Waals surface area contributed by atoms with Crippen LogP contribution in [-0.4, -0.2) is 29.6 Å². The predicted octanol–water partition coefficient (Wildman–Crippen LogP) is 4.39. The third-order valence-electron chi connectivity index (χ3n) is 4.54. The molecule has 148 valence electrons. The van der Waals surface area contributed by atoms with Crippen LogP contribution in [0.15, 0.2) is 34.4 Å². The van der Waals surface area contributed by atoms with Gasteiger partial charge in [0.1, 0.15) is 11.2 Å². The molecule has 28 heavy (non-hydrogen) atoms. The van der Waals surface area contributed by atoms with Crippen molar-refractivity contribution < 1.29 is 9.47 Å². The van der Waals surface area contributed by atoms with Gasteiger partial charge in [-0.25, -0.2) is 4.98 Å². The minimum absolute atomic E-state index is 0.163. The predicted molar refractivity (Wildman–Crippen MR) is 114 cm³/mol. The van der Waals surface area contributed by atoms with Gasteiger partial charge < -0.3 is 9.47 Å². The molecule has 1 aromatic carbocycles. The first kappa shape index (κ1) is 20.1. The lowest BCUT2D eigenvalue weighted by Crippen LogP contribution is -2.17.